The minimum Gasteiger partial charge on any atom is -0.506 e. The van der Waals surface area contributed by atoms with E-state index < -0.39 is 0 Å². The van der Waals surface area contributed by atoms with Gasteiger partial charge < -0.3 is 10.1 Å². The van der Waals surface area contributed by atoms with Crippen molar-refractivity contribution in [1.29, 1.82) is 0 Å². The predicted octanol–water partition coefficient (Wildman–Crippen LogP) is 4.56. The molecule has 25 heavy (non-hydrogen) atoms. The highest BCUT2D eigenvalue weighted by molar-refractivity contribution is 6.32. The molecule has 2 aromatic carbocycles. The largest absolute Gasteiger partial charge is 0.506 e. The lowest BCUT2D eigenvalue weighted by Crippen LogP contribution is -1.86. The van der Waals surface area contributed by atoms with Gasteiger partial charge in [0.2, 0.25) is 0 Å². The fourth-order valence-electron chi connectivity index (χ4n) is 2.62. The van der Waals surface area contributed by atoms with Gasteiger partial charge in [-0.15, -0.1) is 0 Å². The quantitative estimate of drug-likeness (QED) is 0.569. The first-order valence-electron chi connectivity index (χ1n) is 7.64. The van der Waals surface area contributed by atoms with E-state index >= 15 is 0 Å². The topological polar surface area (TPSA) is 74.7 Å². The van der Waals surface area contributed by atoms with E-state index in [1.54, 1.807) is 24.5 Å². The van der Waals surface area contributed by atoms with Crippen LogP contribution < -0.4 is 0 Å². The molecule has 2 N–H and O–H groups in total. The third-order valence-electron chi connectivity index (χ3n) is 3.84. The van der Waals surface area contributed by atoms with Gasteiger partial charge in [0.25, 0.3) is 0 Å². The lowest BCUT2D eigenvalue weighted by Gasteiger charge is -2.04. The Bertz CT molecular complexity index is 1020. The summed E-state index contributed by atoms with van der Waals surface area (Å²) in [6.07, 6.45) is 3.28. The van der Waals surface area contributed by atoms with Gasteiger partial charge in [-0.1, -0.05) is 48.0 Å². The highest BCUT2D eigenvalue weighted by atomic mass is 35.5. The first-order chi connectivity index (χ1) is 12.2. The standard InChI is InChI=1S/C19H13ClN4O/c20-15-7-6-13(10-16(15)25)17-18(14-8-9-21-22-11-14)24-19(23-17)12-4-2-1-3-5-12/h1-11,25H,(H,23,24). The summed E-state index contributed by atoms with van der Waals surface area (Å²) in [4.78, 5) is 8.09. The third-order valence-corrected chi connectivity index (χ3v) is 4.16. The molecule has 122 valence electrons. The number of rotatable bonds is 3. The van der Waals surface area contributed by atoms with Crippen molar-refractivity contribution in [1.82, 2.24) is 20.2 Å². The molecule has 0 fully saturated rings. The molecule has 0 spiro atoms. The van der Waals surface area contributed by atoms with E-state index in [4.69, 9.17) is 16.6 Å². The fourth-order valence-corrected chi connectivity index (χ4v) is 2.74. The van der Waals surface area contributed by atoms with Crippen LogP contribution in [-0.2, 0) is 0 Å². The molecule has 4 aromatic rings. The number of aromatic amines is 1. The summed E-state index contributed by atoms with van der Waals surface area (Å²) in [7, 11) is 0. The number of phenols is 1. The number of aromatic nitrogens is 4. The van der Waals surface area contributed by atoms with Crippen LogP contribution in [0.15, 0.2) is 67.0 Å². The van der Waals surface area contributed by atoms with Crippen molar-refractivity contribution < 1.29 is 5.11 Å². The van der Waals surface area contributed by atoms with Gasteiger partial charge in [0, 0.05) is 16.7 Å². The van der Waals surface area contributed by atoms with Gasteiger partial charge in [0.05, 0.1) is 28.8 Å². The van der Waals surface area contributed by atoms with Crippen LogP contribution in [0.5, 0.6) is 5.75 Å². The summed E-state index contributed by atoms with van der Waals surface area (Å²) in [6, 6.07) is 16.8. The van der Waals surface area contributed by atoms with E-state index in [9.17, 15) is 5.11 Å². The highest BCUT2D eigenvalue weighted by Crippen LogP contribution is 2.35. The number of aromatic hydroxyl groups is 1. The summed E-state index contributed by atoms with van der Waals surface area (Å²) in [6.45, 7) is 0. The molecule has 0 aliphatic carbocycles. The molecule has 0 saturated heterocycles. The van der Waals surface area contributed by atoms with E-state index in [2.05, 4.69) is 15.2 Å². The molecule has 0 bridgehead atoms. The Morgan fingerprint density at radius 3 is 2.44 bits per heavy atom. The van der Waals surface area contributed by atoms with Crippen molar-refractivity contribution in [2.45, 2.75) is 0 Å². The van der Waals surface area contributed by atoms with Crippen molar-refractivity contribution >= 4 is 11.6 Å². The first kappa shape index (κ1) is 15.4. The van der Waals surface area contributed by atoms with E-state index in [0.717, 1.165) is 33.9 Å². The molecule has 0 aliphatic heterocycles. The lowest BCUT2D eigenvalue weighted by molar-refractivity contribution is 0.476. The normalized spacial score (nSPS) is 10.8. The molecule has 0 saturated carbocycles. The minimum absolute atomic E-state index is 0.0221. The van der Waals surface area contributed by atoms with Crippen LogP contribution in [0.25, 0.3) is 33.9 Å². The highest BCUT2D eigenvalue weighted by Gasteiger charge is 2.16. The Labute approximate surface area is 149 Å². The van der Waals surface area contributed by atoms with Gasteiger partial charge >= 0.3 is 0 Å². The molecule has 0 unspecified atom stereocenters. The maximum Gasteiger partial charge on any atom is 0.138 e. The van der Waals surface area contributed by atoms with Gasteiger partial charge in [-0.2, -0.15) is 10.2 Å². The summed E-state index contributed by atoms with van der Waals surface area (Å²) in [5, 5.41) is 18.0. The van der Waals surface area contributed by atoms with Gasteiger partial charge in [-0.3, -0.25) is 0 Å². The Balaban J connectivity index is 1.92. The summed E-state index contributed by atoms with van der Waals surface area (Å²) < 4.78 is 0. The fraction of sp³-hybridized carbons (Fsp3) is 0. The molecule has 2 aromatic heterocycles. The third kappa shape index (κ3) is 2.97. The van der Waals surface area contributed by atoms with Gasteiger partial charge in [0.1, 0.15) is 11.6 Å². The Kier molecular flexibility index (Phi) is 3.91. The second-order valence-corrected chi connectivity index (χ2v) is 5.88. The molecule has 0 amide bonds. The number of benzene rings is 2. The molecule has 4 rings (SSSR count). The zero-order valence-electron chi connectivity index (χ0n) is 13.0. The van der Waals surface area contributed by atoms with Crippen LogP contribution in [0.2, 0.25) is 5.02 Å². The van der Waals surface area contributed by atoms with Crippen LogP contribution in [0.3, 0.4) is 0 Å². The number of phenolic OH excluding ortho intramolecular Hbond substituents is 1. The second kappa shape index (κ2) is 6.37. The lowest BCUT2D eigenvalue weighted by atomic mass is 10.1. The van der Waals surface area contributed by atoms with Crippen molar-refractivity contribution in [3.63, 3.8) is 0 Å². The SMILES string of the molecule is Oc1cc(-c2[nH]c(-c3ccccc3)nc2-c2ccnnc2)ccc1Cl. The van der Waals surface area contributed by atoms with Crippen LogP contribution >= 0.6 is 11.6 Å². The number of nitrogens with zero attached hydrogens (tertiary/aromatic N) is 3. The van der Waals surface area contributed by atoms with Gasteiger partial charge in [0.15, 0.2) is 0 Å². The summed E-state index contributed by atoms with van der Waals surface area (Å²) in [5.74, 6) is 0.755. The molecule has 0 aliphatic rings. The summed E-state index contributed by atoms with van der Waals surface area (Å²) >= 11 is 5.93. The number of H-pyrrole nitrogens is 1. The average Bonchev–Trinajstić information content (AvgIpc) is 3.11. The predicted molar refractivity (Wildman–Crippen MR) is 97.2 cm³/mol. The number of hydrogen-bond acceptors (Lipinski definition) is 4. The smallest absolute Gasteiger partial charge is 0.138 e. The van der Waals surface area contributed by atoms with Crippen LogP contribution in [-0.4, -0.2) is 25.3 Å². The molecule has 0 atom stereocenters. The number of hydrogen-bond donors (Lipinski definition) is 2. The first-order valence-corrected chi connectivity index (χ1v) is 8.01. The number of nitrogens with one attached hydrogen (secondary N) is 1. The second-order valence-electron chi connectivity index (χ2n) is 5.47. The van der Waals surface area contributed by atoms with Crippen molar-refractivity contribution in [2.24, 2.45) is 0 Å². The average molecular weight is 349 g/mol. The zero-order chi connectivity index (χ0) is 17.2. The minimum atomic E-state index is 0.0221. The van der Waals surface area contributed by atoms with E-state index in [1.165, 1.54) is 0 Å². The van der Waals surface area contributed by atoms with E-state index in [0.29, 0.717) is 5.02 Å². The van der Waals surface area contributed by atoms with Crippen molar-refractivity contribution in [2.75, 3.05) is 0 Å². The molecule has 2 heterocycles. The van der Waals surface area contributed by atoms with Crippen LogP contribution in [0, 0.1) is 0 Å². The van der Waals surface area contributed by atoms with Crippen LogP contribution in [0.4, 0.5) is 0 Å². The number of imidazole rings is 1. The number of halogens is 1. The van der Waals surface area contributed by atoms with Crippen molar-refractivity contribution in [3.8, 4) is 39.7 Å². The van der Waals surface area contributed by atoms with E-state index in [-0.39, 0.29) is 5.75 Å². The van der Waals surface area contributed by atoms with Gasteiger partial charge in [-0.25, -0.2) is 4.98 Å². The van der Waals surface area contributed by atoms with Crippen LogP contribution in [0.1, 0.15) is 0 Å². The molecular formula is C19H13ClN4O. The maximum absolute atomic E-state index is 9.96. The molecule has 0 radical (unpaired) electrons. The summed E-state index contributed by atoms with van der Waals surface area (Å²) in [5.41, 5.74) is 4.09. The molecule has 5 nitrogen and oxygen atoms in total. The zero-order valence-corrected chi connectivity index (χ0v) is 13.8. The Hall–Kier alpha value is -3.18. The molecule has 6 heteroatoms. The monoisotopic (exact) mass is 348 g/mol. The van der Waals surface area contributed by atoms with E-state index in [1.807, 2.05) is 42.5 Å². The van der Waals surface area contributed by atoms with Gasteiger partial charge in [-0.05, 0) is 18.2 Å². The maximum atomic E-state index is 9.96. The molecular weight excluding hydrogens is 336 g/mol. The Morgan fingerprint density at radius 2 is 1.72 bits per heavy atom. The van der Waals surface area contributed by atoms with Crippen molar-refractivity contribution in [3.05, 3.63) is 72.0 Å². The Morgan fingerprint density at radius 1 is 0.880 bits per heavy atom.